The zero-order chi connectivity index (χ0) is 21.5. The molecule has 0 saturated heterocycles. The van der Waals surface area contributed by atoms with E-state index in [0.29, 0.717) is 10.8 Å². The Morgan fingerprint density at radius 2 is 1.80 bits per heavy atom. The summed E-state index contributed by atoms with van der Waals surface area (Å²) in [4.78, 5) is 48.3. The van der Waals surface area contributed by atoms with Gasteiger partial charge in [0.15, 0.2) is 12.4 Å². The molecule has 0 spiro atoms. The predicted octanol–water partition coefficient (Wildman–Crippen LogP) is 2.72. The predicted molar refractivity (Wildman–Crippen MR) is 107 cm³/mol. The standard InChI is InChI=1S/C20H16N2O7S/c1-27-13-6-3-2-5-12(13)18(24)21-16(23)11-29-20(26)15-8-9-17(30-15)22-19(25)14-7-4-10-28-14/h2-10H,11H2,1H3,(H,22,25)(H,21,23,24). The molecule has 3 aromatic rings. The van der Waals surface area contributed by atoms with Crippen molar-refractivity contribution in [2.24, 2.45) is 0 Å². The van der Waals surface area contributed by atoms with E-state index in [9.17, 15) is 19.2 Å². The summed E-state index contributed by atoms with van der Waals surface area (Å²) < 4.78 is 15.0. The number of nitrogens with one attached hydrogen (secondary N) is 2. The summed E-state index contributed by atoms with van der Waals surface area (Å²) in [5.74, 6) is -2.25. The number of amides is 3. The molecule has 0 aliphatic heterocycles. The lowest BCUT2D eigenvalue weighted by Gasteiger charge is -2.08. The number of benzene rings is 1. The van der Waals surface area contributed by atoms with Gasteiger partial charge in [-0.3, -0.25) is 19.7 Å². The number of ether oxygens (including phenoxy) is 2. The van der Waals surface area contributed by atoms with E-state index >= 15 is 0 Å². The topological polar surface area (TPSA) is 124 Å². The number of rotatable bonds is 7. The Bertz CT molecular complexity index is 1070. The Kier molecular flexibility index (Phi) is 6.60. The molecule has 0 bridgehead atoms. The molecule has 0 fully saturated rings. The molecule has 0 radical (unpaired) electrons. The molecule has 2 N–H and O–H groups in total. The van der Waals surface area contributed by atoms with Crippen LogP contribution in [0.4, 0.5) is 5.00 Å². The van der Waals surface area contributed by atoms with Crippen LogP contribution in [0.25, 0.3) is 0 Å². The highest BCUT2D eigenvalue weighted by Crippen LogP contribution is 2.23. The first-order chi connectivity index (χ1) is 14.5. The van der Waals surface area contributed by atoms with Gasteiger partial charge in [0.25, 0.3) is 17.7 Å². The Hall–Kier alpha value is -3.92. The first kappa shape index (κ1) is 20.8. The second-order valence-electron chi connectivity index (χ2n) is 5.75. The number of anilines is 1. The quantitative estimate of drug-likeness (QED) is 0.555. The van der Waals surface area contributed by atoms with Gasteiger partial charge < -0.3 is 19.2 Å². The minimum absolute atomic E-state index is 0.129. The third kappa shape index (κ3) is 5.11. The summed E-state index contributed by atoms with van der Waals surface area (Å²) in [6.07, 6.45) is 1.37. The fraction of sp³-hybridized carbons (Fsp3) is 0.100. The molecule has 2 heterocycles. The molecular weight excluding hydrogens is 412 g/mol. The van der Waals surface area contributed by atoms with E-state index in [1.165, 1.54) is 37.6 Å². The monoisotopic (exact) mass is 428 g/mol. The summed E-state index contributed by atoms with van der Waals surface area (Å²) in [5, 5.41) is 5.11. The van der Waals surface area contributed by atoms with E-state index in [-0.39, 0.29) is 16.2 Å². The summed E-state index contributed by atoms with van der Waals surface area (Å²) in [5.41, 5.74) is 0.176. The Balaban J connectivity index is 1.50. The van der Waals surface area contributed by atoms with Gasteiger partial charge in [0, 0.05) is 0 Å². The van der Waals surface area contributed by atoms with Crippen molar-refractivity contribution in [3.05, 3.63) is 71.0 Å². The Labute approximate surface area is 174 Å². The molecule has 10 heteroatoms. The van der Waals surface area contributed by atoms with Gasteiger partial charge >= 0.3 is 5.97 Å². The fourth-order valence-corrected chi connectivity index (χ4v) is 3.16. The van der Waals surface area contributed by atoms with Crippen molar-refractivity contribution >= 4 is 40.0 Å². The molecule has 2 aromatic heterocycles. The number of para-hydroxylation sites is 1. The number of methoxy groups -OCH3 is 1. The van der Waals surface area contributed by atoms with Crippen molar-refractivity contribution < 1.29 is 33.1 Å². The highest BCUT2D eigenvalue weighted by atomic mass is 32.1. The number of hydrogen-bond acceptors (Lipinski definition) is 8. The maximum absolute atomic E-state index is 12.2. The number of imide groups is 1. The van der Waals surface area contributed by atoms with Crippen LogP contribution < -0.4 is 15.4 Å². The number of furan rings is 1. The van der Waals surface area contributed by atoms with E-state index in [2.05, 4.69) is 10.6 Å². The fourth-order valence-electron chi connectivity index (χ4n) is 2.36. The Morgan fingerprint density at radius 1 is 1.00 bits per heavy atom. The largest absolute Gasteiger partial charge is 0.496 e. The Morgan fingerprint density at radius 3 is 2.53 bits per heavy atom. The molecule has 1 aromatic carbocycles. The molecule has 3 rings (SSSR count). The lowest BCUT2D eigenvalue weighted by molar-refractivity contribution is -0.123. The highest BCUT2D eigenvalue weighted by molar-refractivity contribution is 7.18. The molecule has 3 amide bonds. The number of thiophene rings is 1. The lowest BCUT2D eigenvalue weighted by Crippen LogP contribution is -2.34. The zero-order valence-electron chi connectivity index (χ0n) is 15.7. The smallest absolute Gasteiger partial charge is 0.348 e. The van der Waals surface area contributed by atoms with Crippen molar-refractivity contribution in [2.45, 2.75) is 0 Å². The van der Waals surface area contributed by atoms with Gasteiger partial charge in [-0.25, -0.2) is 4.79 Å². The molecule has 0 aliphatic rings. The second kappa shape index (κ2) is 9.52. The maximum atomic E-state index is 12.2. The number of carbonyl (C=O) groups is 4. The highest BCUT2D eigenvalue weighted by Gasteiger charge is 2.18. The normalized spacial score (nSPS) is 10.2. The third-order valence-corrected chi connectivity index (χ3v) is 4.71. The van der Waals surface area contributed by atoms with E-state index in [1.54, 1.807) is 24.3 Å². The van der Waals surface area contributed by atoms with Crippen molar-refractivity contribution in [3.8, 4) is 5.75 Å². The zero-order valence-corrected chi connectivity index (χ0v) is 16.5. The molecule has 0 aliphatic carbocycles. The van der Waals surface area contributed by atoms with Crippen LogP contribution >= 0.6 is 11.3 Å². The summed E-state index contributed by atoms with van der Waals surface area (Å²) in [6, 6.07) is 12.4. The van der Waals surface area contributed by atoms with Gasteiger partial charge in [-0.2, -0.15) is 0 Å². The van der Waals surface area contributed by atoms with Gasteiger partial charge in [0.2, 0.25) is 0 Å². The molecule has 30 heavy (non-hydrogen) atoms. The van der Waals surface area contributed by atoms with Crippen LogP contribution in [0.15, 0.2) is 59.2 Å². The van der Waals surface area contributed by atoms with E-state index in [0.717, 1.165) is 11.3 Å². The first-order valence-electron chi connectivity index (χ1n) is 8.57. The van der Waals surface area contributed by atoms with Gasteiger partial charge in [-0.05, 0) is 36.4 Å². The van der Waals surface area contributed by atoms with Crippen molar-refractivity contribution in [1.82, 2.24) is 5.32 Å². The van der Waals surface area contributed by atoms with Crippen LogP contribution in [0.3, 0.4) is 0 Å². The van der Waals surface area contributed by atoms with Gasteiger partial charge in [0.05, 0.1) is 23.9 Å². The molecule has 154 valence electrons. The summed E-state index contributed by atoms with van der Waals surface area (Å²) in [6.45, 7) is -0.647. The number of esters is 1. The van der Waals surface area contributed by atoms with Crippen LogP contribution in [0.2, 0.25) is 0 Å². The SMILES string of the molecule is COc1ccccc1C(=O)NC(=O)COC(=O)c1ccc(NC(=O)c2ccco2)s1. The maximum Gasteiger partial charge on any atom is 0.348 e. The second-order valence-corrected chi connectivity index (χ2v) is 6.83. The molecule has 9 nitrogen and oxygen atoms in total. The van der Waals surface area contributed by atoms with Crippen LogP contribution in [0.5, 0.6) is 5.75 Å². The van der Waals surface area contributed by atoms with E-state index in [4.69, 9.17) is 13.9 Å². The van der Waals surface area contributed by atoms with Crippen LogP contribution in [-0.4, -0.2) is 37.4 Å². The van der Waals surface area contributed by atoms with Crippen LogP contribution in [0.1, 0.15) is 30.6 Å². The molecular formula is C20H16N2O7S. The average Bonchev–Trinajstić information content (AvgIpc) is 3.44. The number of carbonyl (C=O) groups excluding carboxylic acids is 4. The molecule has 0 saturated carbocycles. The van der Waals surface area contributed by atoms with E-state index in [1.807, 2.05) is 0 Å². The van der Waals surface area contributed by atoms with Crippen molar-refractivity contribution in [3.63, 3.8) is 0 Å². The van der Waals surface area contributed by atoms with Gasteiger partial charge in [-0.1, -0.05) is 12.1 Å². The molecule has 0 atom stereocenters. The van der Waals surface area contributed by atoms with Crippen molar-refractivity contribution in [2.75, 3.05) is 19.0 Å². The third-order valence-electron chi connectivity index (χ3n) is 3.73. The van der Waals surface area contributed by atoms with Gasteiger partial charge in [-0.15, -0.1) is 11.3 Å². The van der Waals surface area contributed by atoms with E-state index < -0.39 is 30.3 Å². The van der Waals surface area contributed by atoms with Crippen LogP contribution in [0, 0.1) is 0 Å². The summed E-state index contributed by atoms with van der Waals surface area (Å²) >= 11 is 0.971. The minimum Gasteiger partial charge on any atom is -0.496 e. The molecule has 0 unspecified atom stereocenters. The number of hydrogen-bond donors (Lipinski definition) is 2. The van der Waals surface area contributed by atoms with Gasteiger partial charge in [0.1, 0.15) is 10.6 Å². The average molecular weight is 428 g/mol. The van der Waals surface area contributed by atoms with Crippen molar-refractivity contribution in [1.29, 1.82) is 0 Å². The summed E-state index contributed by atoms with van der Waals surface area (Å²) in [7, 11) is 1.40. The first-order valence-corrected chi connectivity index (χ1v) is 9.38. The minimum atomic E-state index is -0.790. The lowest BCUT2D eigenvalue weighted by atomic mass is 10.2. The van der Waals surface area contributed by atoms with Crippen LogP contribution in [-0.2, 0) is 9.53 Å².